The molecule has 0 aliphatic heterocycles. The average molecular weight is 505 g/mol. The zero-order valence-electron chi connectivity index (χ0n) is 22.3. The van der Waals surface area contributed by atoms with Crippen LogP contribution in [0.25, 0.3) is 0 Å². The smallest absolute Gasteiger partial charge is 0.305 e. The maximum atomic E-state index is 11.4. The van der Waals surface area contributed by atoms with E-state index in [1.807, 2.05) is 0 Å². The van der Waals surface area contributed by atoms with Crippen molar-refractivity contribution in [2.45, 2.75) is 103 Å². The summed E-state index contributed by atoms with van der Waals surface area (Å²) >= 11 is 0. The molecule has 0 fully saturated rings. The first kappa shape index (κ1) is 33.8. The van der Waals surface area contributed by atoms with Crippen LogP contribution in [0.15, 0.2) is 0 Å². The lowest BCUT2D eigenvalue weighted by Crippen LogP contribution is -2.14. The molecule has 0 aromatic heterocycles. The lowest BCUT2D eigenvalue weighted by atomic mass is 10.1. The van der Waals surface area contributed by atoms with E-state index in [4.69, 9.17) is 28.8 Å². The van der Waals surface area contributed by atoms with E-state index >= 15 is 0 Å². The third kappa shape index (κ3) is 30.7. The second kappa shape index (κ2) is 29.0. The Morgan fingerprint density at radius 3 is 1.37 bits per heavy atom. The Balaban J connectivity index is 3.10. The summed E-state index contributed by atoms with van der Waals surface area (Å²) in [6.07, 6.45) is 16.1. The van der Waals surface area contributed by atoms with Crippen LogP contribution < -0.4 is 0 Å². The predicted molar refractivity (Wildman–Crippen MR) is 137 cm³/mol. The number of aliphatic carboxylic acids is 1. The largest absolute Gasteiger partial charge is 0.481 e. The van der Waals surface area contributed by atoms with E-state index in [-0.39, 0.29) is 25.4 Å². The number of hydrogen-bond acceptors (Lipinski definition) is 7. The van der Waals surface area contributed by atoms with Gasteiger partial charge in [0.1, 0.15) is 6.61 Å². The van der Waals surface area contributed by atoms with Crippen molar-refractivity contribution in [1.82, 2.24) is 0 Å². The molecule has 0 bridgehead atoms. The molecule has 0 rings (SSSR count). The minimum absolute atomic E-state index is 0.0781. The standard InChI is InChI=1S/C27H52O8/c1-2-3-4-5-6-7-8-9-10-11-14-17-31-18-19-32-20-21-33-22-23-34-24-25-35-27(30)16-13-12-15-26(28)29/h2-25H2,1H3,(H,28,29). The molecular weight excluding hydrogens is 452 g/mol. The number of carbonyl (C=O) groups excluding carboxylic acids is 1. The highest BCUT2D eigenvalue weighted by Gasteiger charge is 2.04. The maximum Gasteiger partial charge on any atom is 0.305 e. The topological polar surface area (TPSA) is 101 Å². The molecule has 0 amide bonds. The molecule has 0 spiro atoms. The lowest BCUT2D eigenvalue weighted by Gasteiger charge is -2.08. The first-order chi connectivity index (χ1) is 17.2. The van der Waals surface area contributed by atoms with Crippen molar-refractivity contribution in [1.29, 1.82) is 0 Å². The van der Waals surface area contributed by atoms with E-state index in [0.29, 0.717) is 59.1 Å². The van der Waals surface area contributed by atoms with Crippen molar-refractivity contribution in [3.05, 3.63) is 0 Å². The second-order valence-electron chi connectivity index (χ2n) is 8.81. The number of carboxylic acids is 1. The van der Waals surface area contributed by atoms with E-state index in [2.05, 4.69) is 6.92 Å². The molecule has 0 atom stereocenters. The molecule has 0 radical (unpaired) electrons. The number of unbranched alkanes of at least 4 members (excludes halogenated alkanes) is 11. The highest BCUT2D eigenvalue weighted by molar-refractivity contribution is 5.69. The fourth-order valence-electron chi connectivity index (χ4n) is 3.46. The van der Waals surface area contributed by atoms with Gasteiger partial charge in [0.25, 0.3) is 0 Å². The molecule has 0 aliphatic rings. The zero-order valence-corrected chi connectivity index (χ0v) is 22.3. The Hall–Kier alpha value is -1.22. The molecular formula is C27H52O8. The molecule has 8 heteroatoms. The fourth-order valence-corrected chi connectivity index (χ4v) is 3.46. The van der Waals surface area contributed by atoms with E-state index in [1.54, 1.807) is 0 Å². The number of carbonyl (C=O) groups is 2. The molecule has 0 aromatic rings. The summed E-state index contributed by atoms with van der Waals surface area (Å²) in [5.41, 5.74) is 0. The van der Waals surface area contributed by atoms with Gasteiger partial charge in [0.2, 0.25) is 0 Å². The lowest BCUT2D eigenvalue weighted by molar-refractivity contribution is -0.146. The van der Waals surface area contributed by atoms with Gasteiger partial charge in [-0.1, -0.05) is 71.1 Å². The van der Waals surface area contributed by atoms with Gasteiger partial charge >= 0.3 is 11.9 Å². The average Bonchev–Trinajstić information content (AvgIpc) is 2.84. The predicted octanol–water partition coefficient (Wildman–Crippen LogP) is 5.55. The highest BCUT2D eigenvalue weighted by atomic mass is 16.6. The van der Waals surface area contributed by atoms with Crippen molar-refractivity contribution in [2.24, 2.45) is 0 Å². The van der Waals surface area contributed by atoms with Crippen molar-refractivity contribution in [3.63, 3.8) is 0 Å². The van der Waals surface area contributed by atoms with Crippen molar-refractivity contribution in [2.75, 3.05) is 59.5 Å². The molecule has 0 heterocycles. The Bertz CT molecular complexity index is 458. The molecule has 8 nitrogen and oxygen atoms in total. The van der Waals surface area contributed by atoms with Gasteiger partial charge in [-0.2, -0.15) is 0 Å². The Labute approximate surface area is 213 Å². The number of rotatable bonds is 29. The summed E-state index contributed by atoms with van der Waals surface area (Å²) in [4.78, 5) is 21.8. The summed E-state index contributed by atoms with van der Waals surface area (Å²) < 4.78 is 26.9. The van der Waals surface area contributed by atoms with E-state index in [9.17, 15) is 9.59 Å². The second-order valence-corrected chi connectivity index (χ2v) is 8.81. The van der Waals surface area contributed by atoms with Gasteiger partial charge < -0.3 is 28.8 Å². The molecule has 35 heavy (non-hydrogen) atoms. The van der Waals surface area contributed by atoms with Crippen LogP contribution in [-0.2, 0) is 33.3 Å². The number of carboxylic acid groups (broad SMARTS) is 1. The van der Waals surface area contributed by atoms with Gasteiger partial charge in [-0.15, -0.1) is 0 Å². The van der Waals surface area contributed by atoms with Crippen LogP contribution in [0.1, 0.15) is 103 Å². The molecule has 0 unspecified atom stereocenters. The van der Waals surface area contributed by atoms with Crippen molar-refractivity contribution >= 4 is 11.9 Å². The van der Waals surface area contributed by atoms with Crippen LogP contribution in [0.2, 0.25) is 0 Å². The third-order valence-corrected chi connectivity index (χ3v) is 5.52. The van der Waals surface area contributed by atoms with Gasteiger partial charge in [-0.05, 0) is 19.3 Å². The van der Waals surface area contributed by atoms with Crippen LogP contribution in [0.4, 0.5) is 0 Å². The van der Waals surface area contributed by atoms with Gasteiger partial charge in [0, 0.05) is 19.4 Å². The zero-order chi connectivity index (χ0) is 25.7. The van der Waals surface area contributed by atoms with Crippen molar-refractivity contribution in [3.8, 4) is 0 Å². The molecule has 0 saturated heterocycles. The normalized spacial score (nSPS) is 11.1. The minimum atomic E-state index is -0.848. The number of ether oxygens (including phenoxy) is 5. The van der Waals surface area contributed by atoms with Crippen LogP contribution in [-0.4, -0.2) is 76.5 Å². The summed E-state index contributed by atoms with van der Waals surface area (Å²) in [6, 6.07) is 0. The van der Waals surface area contributed by atoms with Crippen molar-refractivity contribution < 1.29 is 38.4 Å². The van der Waals surface area contributed by atoms with E-state index < -0.39 is 5.97 Å². The first-order valence-electron chi connectivity index (χ1n) is 13.8. The molecule has 208 valence electrons. The first-order valence-corrected chi connectivity index (χ1v) is 13.8. The van der Waals surface area contributed by atoms with Gasteiger partial charge in [0.15, 0.2) is 0 Å². The van der Waals surface area contributed by atoms with E-state index in [1.165, 1.54) is 64.2 Å². The van der Waals surface area contributed by atoms with Crippen LogP contribution in [0, 0.1) is 0 Å². The Kier molecular flexibility index (Phi) is 28.0. The SMILES string of the molecule is CCCCCCCCCCCCCOCCOCCOCCOCCOC(=O)CCCCC(=O)O. The van der Waals surface area contributed by atoms with Gasteiger partial charge in [-0.25, -0.2) is 0 Å². The molecule has 0 aliphatic carbocycles. The van der Waals surface area contributed by atoms with Crippen LogP contribution in [0.5, 0.6) is 0 Å². The fraction of sp³-hybridized carbons (Fsp3) is 0.926. The van der Waals surface area contributed by atoms with Gasteiger partial charge in [-0.3, -0.25) is 9.59 Å². The Morgan fingerprint density at radius 1 is 0.486 bits per heavy atom. The Morgan fingerprint density at radius 2 is 0.886 bits per heavy atom. The van der Waals surface area contributed by atoms with Crippen LogP contribution in [0.3, 0.4) is 0 Å². The quantitative estimate of drug-likeness (QED) is 0.104. The summed E-state index contributed by atoms with van der Waals surface area (Å²) in [5.74, 6) is -1.17. The van der Waals surface area contributed by atoms with Crippen LogP contribution >= 0.6 is 0 Å². The van der Waals surface area contributed by atoms with Gasteiger partial charge in [0.05, 0.1) is 46.2 Å². The number of esters is 1. The van der Waals surface area contributed by atoms with E-state index in [0.717, 1.165) is 13.0 Å². The summed E-state index contributed by atoms with van der Waals surface area (Å²) in [7, 11) is 0. The maximum absolute atomic E-state index is 11.4. The molecule has 0 aromatic carbocycles. The monoisotopic (exact) mass is 504 g/mol. The molecule has 0 saturated carbocycles. The minimum Gasteiger partial charge on any atom is -0.481 e. The summed E-state index contributed by atoms with van der Waals surface area (Å²) in [6.45, 7) is 6.72. The highest BCUT2D eigenvalue weighted by Crippen LogP contribution is 2.11. The summed E-state index contributed by atoms with van der Waals surface area (Å²) in [5, 5.41) is 8.53. The molecule has 1 N–H and O–H groups in total. The third-order valence-electron chi connectivity index (χ3n) is 5.52. The number of hydrogen-bond donors (Lipinski definition) is 1.